The van der Waals surface area contributed by atoms with Crippen LogP contribution in [0.4, 0.5) is 5.69 Å². The molecular formula is C15H16ClNO3S. The van der Waals surface area contributed by atoms with E-state index in [1.807, 2.05) is 0 Å². The number of hydrogen-bond acceptors (Lipinski definition) is 3. The van der Waals surface area contributed by atoms with E-state index in [0.29, 0.717) is 27.6 Å². The average molecular weight is 326 g/mol. The molecule has 0 spiro atoms. The van der Waals surface area contributed by atoms with Crippen molar-refractivity contribution in [2.45, 2.75) is 18.7 Å². The van der Waals surface area contributed by atoms with Gasteiger partial charge in [-0.15, -0.1) is 0 Å². The summed E-state index contributed by atoms with van der Waals surface area (Å²) in [5.41, 5.74) is 1.73. The fraction of sp³-hybridized carbons (Fsp3) is 0.200. The third-order valence-electron chi connectivity index (χ3n) is 3.03. The topological polar surface area (TPSA) is 55.4 Å². The fourth-order valence-electron chi connectivity index (χ4n) is 2.18. The zero-order valence-electron chi connectivity index (χ0n) is 12.0. The molecule has 0 saturated heterocycles. The first-order chi connectivity index (χ1) is 9.83. The summed E-state index contributed by atoms with van der Waals surface area (Å²) in [6.07, 6.45) is 0. The summed E-state index contributed by atoms with van der Waals surface area (Å²) in [4.78, 5) is 0.262. The van der Waals surface area contributed by atoms with Crippen molar-refractivity contribution in [2.24, 2.45) is 0 Å². The standard InChI is InChI=1S/C15H16ClNO3S/c1-10-8-14(20-3)9-11(2)15(10)21(18,19)17-13-6-4-12(16)5-7-13/h4-9,17H,1-3H3. The first kappa shape index (κ1) is 15.7. The minimum Gasteiger partial charge on any atom is -0.497 e. The zero-order valence-corrected chi connectivity index (χ0v) is 13.5. The largest absolute Gasteiger partial charge is 0.497 e. The second kappa shape index (κ2) is 5.95. The highest BCUT2D eigenvalue weighted by Gasteiger charge is 2.20. The Balaban J connectivity index is 2.42. The minimum absolute atomic E-state index is 0.262. The van der Waals surface area contributed by atoms with Crippen LogP contribution in [0, 0.1) is 13.8 Å². The Morgan fingerprint density at radius 3 is 2.05 bits per heavy atom. The van der Waals surface area contributed by atoms with Crippen LogP contribution in [0.5, 0.6) is 5.75 Å². The third-order valence-corrected chi connectivity index (χ3v) is 4.97. The third kappa shape index (κ3) is 3.49. The van der Waals surface area contributed by atoms with Crippen molar-refractivity contribution in [3.63, 3.8) is 0 Å². The highest BCUT2D eigenvalue weighted by Crippen LogP contribution is 2.27. The Kier molecular flexibility index (Phi) is 4.44. The molecule has 21 heavy (non-hydrogen) atoms. The van der Waals surface area contributed by atoms with Crippen molar-refractivity contribution >= 4 is 27.3 Å². The van der Waals surface area contributed by atoms with Crippen molar-refractivity contribution in [3.05, 3.63) is 52.5 Å². The van der Waals surface area contributed by atoms with E-state index in [4.69, 9.17) is 16.3 Å². The SMILES string of the molecule is COc1cc(C)c(S(=O)(=O)Nc2ccc(Cl)cc2)c(C)c1. The highest BCUT2D eigenvalue weighted by atomic mass is 35.5. The number of ether oxygens (including phenoxy) is 1. The molecule has 0 heterocycles. The molecule has 112 valence electrons. The second-order valence-corrected chi connectivity index (χ2v) is 6.76. The van der Waals surface area contributed by atoms with Crippen molar-refractivity contribution in [1.82, 2.24) is 0 Å². The van der Waals surface area contributed by atoms with Crippen LogP contribution in [0.2, 0.25) is 5.02 Å². The molecule has 0 aliphatic rings. The van der Waals surface area contributed by atoms with E-state index in [9.17, 15) is 8.42 Å². The van der Waals surface area contributed by atoms with Crippen LogP contribution in [0.1, 0.15) is 11.1 Å². The predicted molar refractivity (Wildman–Crippen MR) is 84.7 cm³/mol. The number of rotatable bonds is 4. The molecule has 0 saturated carbocycles. The van der Waals surface area contributed by atoms with E-state index in [2.05, 4.69) is 4.72 Å². The molecule has 0 aromatic heterocycles. The number of methoxy groups -OCH3 is 1. The number of anilines is 1. The van der Waals surface area contributed by atoms with Gasteiger partial charge in [0, 0.05) is 10.7 Å². The maximum Gasteiger partial charge on any atom is 0.262 e. The van der Waals surface area contributed by atoms with Gasteiger partial charge in [-0.05, 0) is 61.4 Å². The van der Waals surface area contributed by atoms with Crippen molar-refractivity contribution in [3.8, 4) is 5.75 Å². The summed E-state index contributed by atoms with van der Waals surface area (Å²) >= 11 is 5.79. The van der Waals surface area contributed by atoms with Crippen molar-refractivity contribution < 1.29 is 13.2 Å². The molecule has 2 aromatic carbocycles. The van der Waals surface area contributed by atoms with Gasteiger partial charge in [0.1, 0.15) is 5.75 Å². The van der Waals surface area contributed by atoms with E-state index >= 15 is 0 Å². The highest BCUT2D eigenvalue weighted by molar-refractivity contribution is 7.92. The Morgan fingerprint density at radius 1 is 1.05 bits per heavy atom. The summed E-state index contributed by atoms with van der Waals surface area (Å²) in [7, 11) is -2.11. The molecule has 0 fully saturated rings. The zero-order chi connectivity index (χ0) is 15.6. The van der Waals surface area contributed by atoms with Gasteiger partial charge in [0.15, 0.2) is 0 Å². The lowest BCUT2D eigenvalue weighted by Crippen LogP contribution is -2.15. The molecule has 6 heteroatoms. The van der Waals surface area contributed by atoms with E-state index in [1.165, 1.54) is 0 Å². The second-order valence-electron chi connectivity index (χ2n) is 4.70. The van der Waals surface area contributed by atoms with E-state index in [0.717, 1.165) is 0 Å². The van der Waals surface area contributed by atoms with Gasteiger partial charge < -0.3 is 4.74 Å². The monoisotopic (exact) mass is 325 g/mol. The van der Waals surface area contributed by atoms with Crippen LogP contribution in [0.15, 0.2) is 41.3 Å². The Labute approximate surface area is 129 Å². The summed E-state index contributed by atoms with van der Waals surface area (Å²) in [5, 5.41) is 0.551. The van der Waals surface area contributed by atoms with E-state index in [1.54, 1.807) is 57.4 Å². The molecule has 0 aliphatic heterocycles. The predicted octanol–water partition coefficient (Wildman–Crippen LogP) is 3.77. The number of sulfonamides is 1. The number of benzene rings is 2. The number of nitrogens with one attached hydrogen (secondary N) is 1. The normalized spacial score (nSPS) is 11.2. The lowest BCUT2D eigenvalue weighted by molar-refractivity contribution is 0.413. The minimum atomic E-state index is -3.66. The van der Waals surface area contributed by atoms with Crippen molar-refractivity contribution in [2.75, 3.05) is 11.8 Å². The van der Waals surface area contributed by atoms with Crippen LogP contribution in [-0.2, 0) is 10.0 Å². The quantitative estimate of drug-likeness (QED) is 0.931. The first-order valence-corrected chi connectivity index (χ1v) is 8.13. The molecule has 0 amide bonds. The molecule has 0 bridgehead atoms. The molecule has 0 atom stereocenters. The van der Waals surface area contributed by atoms with Gasteiger partial charge in [-0.1, -0.05) is 11.6 Å². The van der Waals surface area contributed by atoms with Crippen LogP contribution >= 0.6 is 11.6 Å². The van der Waals surface area contributed by atoms with Crippen LogP contribution < -0.4 is 9.46 Å². The van der Waals surface area contributed by atoms with Gasteiger partial charge in [0.25, 0.3) is 10.0 Å². The van der Waals surface area contributed by atoms with E-state index < -0.39 is 10.0 Å². The molecule has 0 unspecified atom stereocenters. The Hall–Kier alpha value is -1.72. The summed E-state index contributed by atoms with van der Waals surface area (Å²) in [6.45, 7) is 3.48. The molecule has 1 N–H and O–H groups in total. The number of halogens is 1. The van der Waals surface area contributed by atoms with E-state index in [-0.39, 0.29) is 4.90 Å². The molecule has 2 aromatic rings. The van der Waals surface area contributed by atoms with Gasteiger partial charge in [-0.2, -0.15) is 0 Å². The first-order valence-electron chi connectivity index (χ1n) is 6.27. The summed E-state index contributed by atoms with van der Waals surface area (Å²) in [5.74, 6) is 0.635. The van der Waals surface area contributed by atoms with Crippen LogP contribution in [0.3, 0.4) is 0 Å². The fourth-order valence-corrected chi connectivity index (χ4v) is 3.82. The Bertz CT molecular complexity index is 732. The number of aryl methyl sites for hydroxylation is 2. The van der Waals surface area contributed by atoms with Gasteiger partial charge in [0.05, 0.1) is 12.0 Å². The molecule has 0 radical (unpaired) electrons. The molecular weight excluding hydrogens is 310 g/mol. The average Bonchev–Trinajstić information content (AvgIpc) is 2.39. The maximum absolute atomic E-state index is 12.5. The lowest BCUT2D eigenvalue weighted by Gasteiger charge is -2.14. The van der Waals surface area contributed by atoms with Gasteiger partial charge in [-0.25, -0.2) is 8.42 Å². The molecule has 2 rings (SSSR count). The summed E-state index contributed by atoms with van der Waals surface area (Å²) < 4.78 is 32.8. The molecule has 4 nitrogen and oxygen atoms in total. The maximum atomic E-state index is 12.5. The number of hydrogen-bond donors (Lipinski definition) is 1. The van der Waals surface area contributed by atoms with Gasteiger partial charge >= 0.3 is 0 Å². The van der Waals surface area contributed by atoms with Crippen LogP contribution in [0.25, 0.3) is 0 Å². The summed E-state index contributed by atoms with van der Waals surface area (Å²) in [6, 6.07) is 9.90. The van der Waals surface area contributed by atoms with Gasteiger partial charge in [-0.3, -0.25) is 4.72 Å². The van der Waals surface area contributed by atoms with Gasteiger partial charge in [0.2, 0.25) is 0 Å². The lowest BCUT2D eigenvalue weighted by atomic mass is 10.1. The van der Waals surface area contributed by atoms with Crippen molar-refractivity contribution in [1.29, 1.82) is 0 Å². The molecule has 0 aliphatic carbocycles. The van der Waals surface area contributed by atoms with Crippen LogP contribution in [-0.4, -0.2) is 15.5 Å². The Morgan fingerprint density at radius 2 is 1.57 bits per heavy atom. The smallest absolute Gasteiger partial charge is 0.262 e.